The summed E-state index contributed by atoms with van der Waals surface area (Å²) in [5, 5.41) is 15.1. The lowest BCUT2D eigenvalue weighted by molar-refractivity contribution is -0.114. The molecule has 1 aliphatic carbocycles. The largest absolute Gasteiger partial charge is 0.398 e. The van der Waals surface area contributed by atoms with Gasteiger partial charge in [-0.3, -0.25) is 4.79 Å². The zero-order valence-electron chi connectivity index (χ0n) is 24.7. The molecule has 0 amide bonds. The van der Waals surface area contributed by atoms with Gasteiger partial charge in [-0.2, -0.15) is 0 Å². The minimum Gasteiger partial charge on any atom is -0.398 e. The van der Waals surface area contributed by atoms with Crippen molar-refractivity contribution in [2.24, 2.45) is 5.73 Å². The zero-order chi connectivity index (χ0) is 30.0. The Kier molecular flexibility index (Phi) is 8.28. The molecule has 0 aromatic heterocycles. The third kappa shape index (κ3) is 5.59. The molecule has 4 aromatic carbocycles. The normalized spacial score (nSPS) is 18.3. The standard InChI is InChI=1S/C38H38N2O2/c1-23(31-14-6-12-28-13-8-16-34(40)38(28)31)17-18-29-19-20-30(37(29)36(25(3)41)26(4)42)21-22-33(39)32-15-7-11-27-10-5-9-24(2)35(27)32/h5-18,21-22,25,41H,19-20,39-40H2,1-4H3/b23-17-,29-18+,30-21+,33-22+,37-36-. The summed E-state index contributed by atoms with van der Waals surface area (Å²) in [5.74, 6) is -0.136. The van der Waals surface area contributed by atoms with Crippen LogP contribution >= 0.6 is 0 Å². The third-order valence-corrected chi connectivity index (χ3v) is 8.16. The van der Waals surface area contributed by atoms with E-state index in [0.29, 0.717) is 11.3 Å². The highest BCUT2D eigenvalue weighted by Gasteiger charge is 2.26. The Morgan fingerprint density at radius 1 is 0.810 bits per heavy atom. The van der Waals surface area contributed by atoms with Crippen molar-refractivity contribution in [1.29, 1.82) is 0 Å². The molecule has 0 radical (unpaired) electrons. The second kappa shape index (κ2) is 12.1. The molecule has 1 atom stereocenters. The molecule has 5 N–H and O–H groups in total. The zero-order valence-corrected chi connectivity index (χ0v) is 24.7. The Hall–Kier alpha value is -4.67. The maximum atomic E-state index is 12.8. The monoisotopic (exact) mass is 554 g/mol. The number of benzene rings is 4. The van der Waals surface area contributed by atoms with Crippen molar-refractivity contribution in [2.75, 3.05) is 5.73 Å². The number of carbonyl (C=O) groups is 1. The highest BCUT2D eigenvalue weighted by Crippen LogP contribution is 2.40. The minimum absolute atomic E-state index is 0.136. The molecular formula is C38H38N2O2. The maximum absolute atomic E-state index is 12.8. The van der Waals surface area contributed by atoms with Crippen LogP contribution in [0.4, 0.5) is 5.69 Å². The third-order valence-electron chi connectivity index (χ3n) is 8.16. The summed E-state index contributed by atoms with van der Waals surface area (Å²) in [6.07, 6.45) is 8.71. The second-order valence-electron chi connectivity index (χ2n) is 11.1. The molecule has 4 aromatic rings. The molecule has 0 aliphatic heterocycles. The molecule has 4 nitrogen and oxygen atoms in total. The SMILES string of the molecule is CC(=O)/C(=C1C(=C/C=C(/C)c2cccc3cccc(N)c23)/CCC/1=C\C=C(\N)c1cccc2cccc(C)c12)C(C)O. The van der Waals surface area contributed by atoms with Gasteiger partial charge in [0.15, 0.2) is 5.78 Å². The highest BCUT2D eigenvalue weighted by atomic mass is 16.3. The number of aliphatic hydroxyl groups excluding tert-OH is 1. The van der Waals surface area contributed by atoms with E-state index >= 15 is 0 Å². The summed E-state index contributed by atoms with van der Waals surface area (Å²) in [6.45, 7) is 7.34. The topological polar surface area (TPSA) is 89.3 Å². The summed E-state index contributed by atoms with van der Waals surface area (Å²) in [4.78, 5) is 12.8. The smallest absolute Gasteiger partial charge is 0.159 e. The first-order valence-electron chi connectivity index (χ1n) is 14.4. The van der Waals surface area contributed by atoms with Gasteiger partial charge < -0.3 is 16.6 Å². The molecule has 0 spiro atoms. The van der Waals surface area contributed by atoms with E-state index in [1.165, 1.54) is 12.5 Å². The van der Waals surface area contributed by atoms with Crippen LogP contribution in [0, 0.1) is 6.92 Å². The van der Waals surface area contributed by atoms with E-state index in [1.807, 2.05) is 42.5 Å². The molecule has 5 rings (SSSR count). The molecule has 42 heavy (non-hydrogen) atoms. The van der Waals surface area contributed by atoms with Crippen LogP contribution in [0.2, 0.25) is 0 Å². The summed E-state index contributed by atoms with van der Waals surface area (Å²) < 4.78 is 0. The fraction of sp³-hybridized carbons (Fsp3) is 0.184. The van der Waals surface area contributed by atoms with E-state index in [0.717, 1.165) is 73.5 Å². The molecule has 0 heterocycles. The van der Waals surface area contributed by atoms with Crippen LogP contribution in [0.5, 0.6) is 0 Å². The van der Waals surface area contributed by atoms with Crippen LogP contribution in [-0.4, -0.2) is 17.0 Å². The Morgan fingerprint density at radius 3 is 1.98 bits per heavy atom. The van der Waals surface area contributed by atoms with Crippen LogP contribution in [0.3, 0.4) is 0 Å². The lowest BCUT2D eigenvalue weighted by Crippen LogP contribution is -2.15. The van der Waals surface area contributed by atoms with Gasteiger partial charge in [0, 0.05) is 27.9 Å². The first kappa shape index (κ1) is 28.8. The van der Waals surface area contributed by atoms with Crippen molar-refractivity contribution in [2.45, 2.75) is 46.6 Å². The molecule has 1 saturated carbocycles. The first-order valence-corrected chi connectivity index (χ1v) is 14.4. The summed E-state index contributed by atoms with van der Waals surface area (Å²) in [7, 11) is 0. The van der Waals surface area contributed by atoms with Crippen LogP contribution < -0.4 is 11.5 Å². The van der Waals surface area contributed by atoms with Gasteiger partial charge in [0.1, 0.15) is 0 Å². The van der Waals surface area contributed by atoms with Crippen molar-refractivity contribution < 1.29 is 9.90 Å². The van der Waals surface area contributed by atoms with Crippen LogP contribution in [0.15, 0.2) is 119 Å². The Balaban J connectivity index is 1.59. The lowest BCUT2D eigenvalue weighted by Gasteiger charge is -2.14. The summed E-state index contributed by atoms with van der Waals surface area (Å²) in [6, 6.07) is 24.5. The van der Waals surface area contributed by atoms with Crippen LogP contribution in [0.1, 0.15) is 50.3 Å². The van der Waals surface area contributed by atoms with Crippen LogP contribution in [-0.2, 0) is 4.79 Å². The molecule has 0 bridgehead atoms. The molecule has 1 aliphatic rings. The molecular weight excluding hydrogens is 516 g/mol. The molecule has 1 unspecified atom stereocenters. The molecule has 0 saturated heterocycles. The minimum atomic E-state index is -0.896. The fourth-order valence-corrected chi connectivity index (χ4v) is 6.15. The van der Waals surface area contributed by atoms with Gasteiger partial charge in [-0.15, -0.1) is 0 Å². The Morgan fingerprint density at radius 2 is 1.36 bits per heavy atom. The van der Waals surface area contributed by atoms with Gasteiger partial charge >= 0.3 is 0 Å². The van der Waals surface area contributed by atoms with E-state index in [9.17, 15) is 9.90 Å². The lowest BCUT2D eigenvalue weighted by atomic mass is 9.92. The number of allylic oxidation sites excluding steroid dienone is 8. The number of hydrogen-bond acceptors (Lipinski definition) is 4. The highest BCUT2D eigenvalue weighted by molar-refractivity contribution is 6.01. The van der Waals surface area contributed by atoms with Crippen molar-refractivity contribution >= 4 is 44.3 Å². The number of aryl methyl sites for hydroxylation is 1. The molecule has 1 fully saturated rings. The van der Waals surface area contributed by atoms with Gasteiger partial charge in [-0.1, -0.05) is 85.0 Å². The number of hydrogen-bond donors (Lipinski definition) is 3. The van der Waals surface area contributed by atoms with Crippen molar-refractivity contribution in [3.8, 4) is 0 Å². The maximum Gasteiger partial charge on any atom is 0.159 e. The van der Waals surface area contributed by atoms with E-state index < -0.39 is 6.10 Å². The van der Waals surface area contributed by atoms with Gasteiger partial charge in [0.2, 0.25) is 0 Å². The number of Topliss-reactive ketones (excluding diaryl/α,β-unsaturated/α-hetero) is 1. The molecule has 4 heteroatoms. The van der Waals surface area contributed by atoms with E-state index in [2.05, 4.69) is 68.5 Å². The van der Waals surface area contributed by atoms with Gasteiger partial charge in [0.05, 0.1) is 6.10 Å². The number of fused-ring (bicyclic) bond motifs is 2. The quantitative estimate of drug-likeness (QED) is 0.166. The summed E-state index contributed by atoms with van der Waals surface area (Å²) in [5.41, 5.74) is 22.0. The number of nitrogens with two attached hydrogens (primary N) is 2. The van der Waals surface area contributed by atoms with Gasteiger partial charge in [0.25, 0.3) is 0 Å². The van der Waals surface area contributed by atoms with E-state index in [-0.39, 0.29) is 5.78 Å². The number of rotatable bonds is 6. The average molecular weight is 555 g/mol. The number of carbonyl (C=O) groups excluding carboxylic acids is 1. The number of aliphatic hydroxyl groups is 1. The second-order valence-corrected chi connectivity index (χ2v) is 11.1. The van der Waals surface area contributed by atoms with Gasteiger partial charge in [-0.25, -0.2) is 0 Å². The van der Waals surface area contributed by atoms with Gasteiger partial charge in [-0.05, 0) is 102 Å². The molecule has 212 valence electrons. The number of nitrogen functional groups attached to an aromatic ring is 1. The average Bonchev–Trinajstić information content (AvgIpc) is 3.35. The summed E-state index contributed by atoms with van der Waals surface area (Å²) >= 11 is 0. The predicted octanol–water partition coefficient (Wildman–Crippen LogP) is 8.20. The van der Waals surface area contributed by atoms with E-state index in [4.69, 9.17) is 11.5 Å². The van der Waals surface area contributed by atoms with E-state index in [1.54, 1.807) is 6.92 Å². The van der Waals surface area contributed by atoms with Crippen LogP contribution in [0.25, 0.3) is 32.8 Å². The first-order chi connectivity index (χ1) is 20.2. The van der Waals surface area contributed by atoms with Crippen molar-refractivity contribution in [3.63, 3.8) is 0 Å². The predicted molar refractivity (Wildman–Crippen MR) is 178 cm³/mol. The number of anilines is 1. The van der Waals surface area contributed by atoms with Crippen molar-refractivity contribution in [1.82, 2.24) is 0 Å². The number of ketones is 1. The fourth-order valence-electron chi connectivity index (χ4n) is 6.15. The Bertz CT molecular complexity index is 1730. The van der Waals surface area contributed by atoms with Crippen molar-refractivity contribution in [3.05, 3.63) is 136 Å². The Labute approximate surface area is 248 Å².